The van der Waals surface area contributed by atoms with E-state index in [-0.39, 0.29) is 0 Å². The van der Waals surface area contributed by atoms with Crippen LogP contribution in [-0.2, 0) is 0 Å². The molecule has 0 fully saturated rings. The lowest BCUT2D eigenvalue weighted by molar-refractivity contribution is 0.475. The molecule has 0 spiro atoms. The van der Waals surface area contributed by atoms with Gasteiger partial charge in [0.05, 0.1) is 0 Å². The summed E-state index contributed by atoms with van der Waals surface area (Å²) in [6, 6.07) is 7.61. The smallest absolute Gasteiger partial charge is 0.115 e. The summed E-state index contributed by atoms with van der Waals surface area (Å²) < 4.78 is 0. The van der Waals surface area contributed by atoms with Crippen molar-refractivity contribution in [3.63, 3.8) is 0 Å². The van der Waals surface area contributed by atoms with E-state index >= 15 is 0 Å². The highest BCUT2D eigenvalue weighted by Gasteiger charge is 2.07. The van der Waals surface area contributed by atoms with Crippen LogP contribution in [0.3, 0.4) is 0 Å². The molecule has 0 unspecified atom stereocenters. The standard InChI is InChI=1S/C13H15NO/c1-8-6-11(15)4-5-12(8)13-7-9(2)14-10(13)3/h4-7,14-15H,1-3H3. The summed E-state index contributed by atoms with van der Waals surface area (Å²) in [4.78, 5) is 3.29. The van der Waals surface area contributed by atoms with Crippen molar-refractivity contribution in [1.82, 2.24) is 4.98 Å². The molecule has 1 aromatic heterocycles. The van der Waals surface area contributed by atoms with Crippen molar-refractivity contribution in [2.24, 2.45) is 0 Å². The number of aromatic amines is 1. The molecule has 2 nitrogen and oxygen atoms in total. The second kappa shape index (κ2) is 3.46. The van der Waals surface area contributed by atoms with Gasteiger partial charge in [0.2, 0.25) is 0 Å². The van der Waals surface area contributed by atoms with E-state index in [0.29, 0.717) is 5.75 Å². The molecule has 0 aliphatic heterocycles. The first kappa shape index (κ1) is 9.84. The summed E-state index contributed by atoms with van der Waals surface area (Å²) in [6.07, 6.45) is 0. The van der Waals surface area contributed by atoms with Gasteiger partial charge in [-0.15, -0.1) is 0 Å². The highest BCUT2D eigenvalue weighted by molar-refractivity contribution is 5.70. The summed E-state index contributed by atoms with van der Waals surface area (Å²) in [6.45, 7) is 6.12. The minimum atomic E-state index is 0.321. The summed E-state index contributed by atoms with van der Waals surface area (Å²) in [5.74, 6) is 0.321. The Balaban J connectivity index is 2.59. The van der Waals surface area contributed by atoms with E-state index in [1.165, 1.54) is 16.8 Å². The second-order valence-electron chi connectivity index (χ2n) is 3.99. The molecule has 2 heteroatoms. The largest absolute Gasteiger partial charge is 0.508 e. The number of hydrogen-bond acceptors (Lipinski definition) is 1. The number of aromatic hydroxyl groups is 1. The lowest BCUT2D eigenvalue weighted by atomic mass is 10.0. The molecule has 0 aliphatic carbocycles. The molecule has 0 aliphatic rings. The van der Waals surface area contributed by atoms with Gasteiger partial charge in [0.1, 0.15) is 5.75 Å². The van der Waals surface area contributed by atoms with E-state index in [1.54, 1.807) is 12.1 Å². The average molecular weight is 201 g/mol. The minimum Gasteiger partial charge on any atom is -0.508 e. The van der Waals surface area contributed by atoms with Crippen molar-refractivity contribution in [2.75, 3.05) is 0 Å². The Kier molecular flexibility index (Phi) is 2.27. The molecule has 0 radical (unpaired) electrons. The van der Waals surface area contributed by atoms with E-state index in [2.05, 4.69) is 18.0 Å². The molecular formula is C13H15NO. The lowest BCUT2D eigenvalue weighted by Crippen LogP contribution is -1.83. The van der Waals surface area contributed by atoms with E-state index in [4.69, 9.17) is 0 Å². The Labute approximate surface area is 89.6 Å². The first-order chi connectivity index (χ1) is 7.08. The first-order valence-electron chi connectivity index (χ1n) is 5.04. The summed E-state index contributed by atoms with van der Waals surface area (Å²) in [5, 5.41) is 9.35. The van der Waals surface area contributed by atoms with Crippen LogP contribution in [0.5, 0.6) is 5.75 Å². The van der Waals surface area contributed by atoms with Crippen LogP contribution in [0.4, 0.5) is 0 Å². The third-order valence-electron chi connectivity index (χ3n) is 2.65. The van der Waals surface area contributed by atoms with Gasteiger partial charge in [-0.25, -0.2) is 0 Å². The van der Waals surface area contributed by atoms with Crippen LogP contribution >= 0.6 is 0 Å². The molecule has 15 heavy (non-hydrogen) atoms. The number of rotatable bonds is 1. The number of aromatic nitrogens is 1. The Morgan fingerprint density at radius 2 is 1.73 bits per heavy atom. The van der Waals surface area contributed by atoms with Crippen molar-refractivity contribution in [2.45, 2.75) is 20.8 Å². The fourth-order valence-corrected chi connectivity index (χ4v) is 1.95. The van der Waals surface area contributed by atoms with Gasteiger partial charge >= 0.3 is 0 Å². The summed E-state index contributed by atoms with van der Waals surface area (Å²) in [7, 11) is 0. The topological polar surface area (TPSA) is 36.0 Å². The second-order valence-corrected chi connectivity index (χ2v) is 3.99. The summed E-state index contributed by atoms with van der Waals surface area (Å²) >= 11 is 0. The van der Waals surface area contributed by atoms with Crippen LogP contribution in [0.15, 0.2) is 24.3 Å². The summed E-state index contributed by atoms with van der Waals surface area (Å²) in [5.41, 5.74) is 5.81. The molecule has 1 aromatic carbocycles. The van der Waals surface area contributed by atoms with E-state index in [9.17, 15) is 5.11 Å². The monoisotopic (exact) mass is 201 g/mol. The highest BCUT2D eigenvalue weighted by Crippen LogP contribution is 2.29. The number of hydrogen-bond donors (Lipinski definition) is 2. The van der Waals surface area contributed by atoms with Crippen molar-refractivity contribution >= 4 is 0 Å². The molecule has 0 bridgehead atoms. The van der Waals surface area contributed by atoms with Crippen LogP contribution in [0.25, 0.3) is 11.1 Å². The van der Waals surface area contributed by atoms with Gasteiger partial charge in [-0.2, -0.15) is 0 Å². The molecule has 2 N–H and O–H groups in total. The molecule has 0 atom stereocenters. The number of aryl methyl sites for hydroxylation is 3. The van der Waals surface area contributed by atoms with E-state index < -0.39 is 0 Å². The molecule has 0 amide bonds. The van der Waals surface area contributed by atoms with Crippen molar-refractivity contribution in [3.05, 3.63) is 41.2 Å². The lowest BCUT2D eigenvalue weighted by Gasteiger charge is -2.05. The Morgan fingerprint density at radius 3 is 2.27 bits per heavy atom. The molecular weight excluding hydrogens is 186 g/mol. The molecule has 2 rings (SSSR count). The van der Waals surface area contributed by atoms with E-state index in [1.807, 2.05) is 19.9 Å². The number of phenols is 1. The fraction of sp³-hybridized carbons (Fsp3) is 0.231. The highest BCUT2D eigenvalue weighted by atomic mass is 16.3. The number of H-pyrrole nitrogens is 1. The Hall–Kier alpha value is -1.70. The number of nitrogens with one attached hydrogen (secondary N) is 1. The van der Waals surface area contributed by atoms with Crippen LogP contribution in [0, 0.1) is 20.8 Å². The Morgan fingerprint density at radius 1 is 1.00 bits per heavy atom. The van der Waals surface area contributed by atoms with Gasteiger partial charge in [-0.3, -0.25) is 0 Å². The van der Waals surface area contributed by atoms with Gasteiger partial charge in [0, 0.05) is 17.0 Å². The molecule has 0 saturated heterocycles. The molecule has 0 saturated carbocycles. The third-order valence-corrected chi connectivity index (χ3v) is 2.65. The van der Waals surface area contributed by atoms with Crippen molar-refractivity contribution in [1.29, 1.82) is 0 Å². The van der Waals surface area contributed by atoms with Crippen molar-refractivity contribution < 1.29 is 5.11 Å². The van der Waals surface area contributed by atoms with Gasteiger partial charge in [-0.1, -0.05) is 6.07 Å². The van der Waals surface area contributed by atoms with Gasteiger partial charge in [0.25, 0.3) is 0 Å². The van der Waals surface area contributed by atoms with Crippen LogP contribution in [0.1, 0.15) is 17.0 Å². The SMILES string of the molecule is Cc1cc(-c2ccc(O)cc2C)c(C)[nH]1. The predicted octanol–water partition coefficient (Wildman–Crippen LogP) is 3.31. The quantitative estimate of drug-likeness (QED) is 0.729. The molecule has 2 aromatic rings. The van der Waals surface area contributed by atoms with Gasteiger partial charge < -0.3 is 10.1 Å². The minimum absolute atomic E-state index is 0.321. The molecule has 78 valence electrons. The van der Waals surface area contributed by atoms with E-state index in [0.717, 1.165) is 11.3 Å². The van der Waals surface area contributed by atoms with Gasteiger partial charge in [-0.05, 0) is 50.1 Å². The zero-order chi connectivity index (χ0) is 11.0. The zero-order valence-electron chi connectivity index (χ0n) is 9.26. The maximum atomic E-state index is 9.35. The zero-order valence-corrected chi connectivity index (χ0v) is 9.26. The third kappa shape index (κ3) is 1.75. The normalized spacial score (nSPS) is 10.6. The maximum Gasteiger partial charge on any atom is 0.115 e. The number of phenolic OH excluding ortho intramolecular Hbond substituents is 1. The number of benzene rings is 1. The molecule has 1 heterocycles. The van der Waals surface area contributed by atoms with Crippen LogP contribution in [-0.4, -0.2) is 10.1 Å². The van der Waals surface area contributed by atoms with Gasteiger partial charge in [0.15, 0.2) is 0 Å². The fourth-order valence-electron chi connectivity index (χ4n) is 1.95. The average Bonchev–Trinajstić information content (AvgIpc) is 2.45. The van der Waals surface area contributed by atoms with Crippen LogP contribution < -0.4 is 0 Å². The first-order valence-corrected chi connectivity index (χ1v) is 5.04. The van der Waals surface area contributed by atoms with Crippen molar-refractivity contribution in [3.8, 4) is 16.9 Å². The Bertz CT molecular complexity index is 497. The predicted molar refractivity (Wildman–Crippen MR) is 62.1 cm³/mol. The maximum absolute atomic E-state index is 9.35. The van der Waals surface area contributed by atoms with Crippen LogP contribution in [0.2, 0.25) is 0 Å².